The molecule has 7 nitrogen and oxygen atoms in total. The second kappa shape index (κ2) is 9.29. The van der Waals surface area contributed by atoms with E-state index in [0.29, 0.717) is 18.4 Å². The van der Waals surface area contributed by atoms with E-state index in [2.05, 4.69) is 0 Å². The van der Waals surface area contributed by atoms with Crippen LogP contribution in [0.15, 0.2) is 77.7 Å². The van der Waals surface area contributed by atoms with Crippen molar-refractivity contribution in [1.29, 1.82) is 0 Å². The SMILES string of the molecule is CC[C@H]1C/C=C\COc2c(F)cccc2[C@@H](c2ccccc2)N2CN1C(=O)c1c(O)c(=O)ccn12. The van der Waals surface area contributed by atoms with Gasteiger partial charge < -0.3 is 14.7 Å². The molecule has 2 aliphatic heterocycles. The molecule has 1 N–H and O–H groups in total. The Bertz CT molecular complexity index is 1340. The van der Waals surface area contributed by atoms with Gasteiger partial charge in [-0.1, -0.05) is 61.5 Å². The van der Waals surface area contributed by atoms with E-state index >= 15 is 4.39 Å². The first kappa shape index (κ1) is 22.7. The number of ether oxygens (including phenoxy) is 1. The maximum atomic E-state index is 15.1. The Morgan fingerprint density at radius 3 is 2.63 bits per heavy atom. The predicted octanol–water partition coefficient (Wildman–Crippen LogP) is 3.95. The summed E-state index contributed by atoms with van der Waals surface area (Å²) >= 11 is 0. The minimum Gasteiger partial charge on any atom is -0.502 e. The second-order valence-electron chi connectivity index (χ2n) is 8.63. The summed E-state index contributed by atoms with van der Waals surface area (Å²) < 4.78 is 22.5. The van der Waals surface area contributed by atoms with Gasteiger partial charge in [-0.05, 0) is 24.5 Å². The molecule has 1 amide bonds. The van der Waals surface area contributed by atoms with Crippen LogP contribution in [0.25, 0.3) is 0 Å². The summed E-state index contributed by atoms with van der Waals surface area (Å²) in [4.78, 5) is 27.6. The van der Waals surface area contributed by atoms with Gasteiger partial charge in [-0.15, -0.1) is 0 Å². The Hall–Kier alpha value is -4.07. The van der Waals surface area contributed by atoms with Gasteiger partial charge in [0.25, 0.3) is 5.91 Å². The molecule has 0 unspecified atom stereocenters. The van der Waals surface area contributed by atoms with E-state index in [0.717, 1.165) is 5.56 Å². The standard InChI is InChI=1S/C27H26FN3O4/c1-2-19-11-6-7-16-35-26-20(12-8-13-21(26)28)23(18-9-4-3-5-10-18)31-17-29(19)27(34)24-25(33)22(32)14-15-30(24)31/h3-10,12-15,19,23,33H,2,11,16-17H2,1H3/b7-6-/t19-,23+/m0/s1. The van der Waals surface area contributed by atoms with E-state index in [1.165, 1.54) is 23.0 Å². The van der Waals surface area contributed by atoms with Crippen LogP contribution in [0.1, 0.15) is 47.4 Å². The van der Waals surface area contributed by atoms with E-state index in [9.17, 15) is 14.7 Å². The highest BCUT2D eigenvalue weighted by molar-refractivity contribution is 5.96. The molecule has 2 bridgehead atoms. The van der Waals surface area contributed by atoms with E-state index in [1.807, 2.05) is 54.4 Å². The number of hydrogen-bond donors (Lipinski definition) is 1. The van der Waals surface area contributed by atoms with Gasteiger partial charge in [-0.25, -0.2) is 4.39 Å². The molecule has 0 saturated heterocycles. The van der Waals surface area contributed by atoms with Gasteiger partial charge in [0.15, 0.2) is 23.0 Å². The molecule has 35 heavy (non-hydrogen) atoms. The fourth-order valence-electron chi connectivity index (χ4n) is 4.85. The van der Waals surface area contributed by atoms with Crippen molar-refractivity contribution < 1.29 is 19.0 Å². The summed E-state index contributed by atoms with van der Waals surface area (Å²) in [5.41, 5.74) is 0.660. The lowest BCUT2D eigenvalue weighted by Gasteiger charge is -2.46. The lowest BCUT2D eigenvalue weighted by atomic mass is 9.96. The van der Waals surface area contributed by atoms with Gasteiger partial charge in [0, 0.05) is 23.9 Å². The van der Waals surface area contributed by atoms with E-state index in [1.54, 1.807) is 17.0 Å². The number of fused-ring (bicyclic) bond motifs is 5. The average molecular weight is 476 g/mol. The summed E-state index contributed by atoms with van der Waals surface area (Å²) in [5.74, 6) is -1.40. The number of nitrogens with zero attached hydrogens (tertiary/aromatic N) is 3. The van der Waals surface area contributed by atoms with Crippen LogP contribution in [0.2, 0.25) is 0 Å². The van der Waals surface area contributed by atoms with Crippen molar-refractivity contribution in [1.82, 2.24) is 9.58 Å². The third kappa shape index (κ3) is 3.95. The number of carbonyl (C=O) groups excluding carboxylic acids is 1. The smallest absolute Gasteiger partial charge is 0.278 e. The molecule has 180 valence electrons. The minimum atomic E-state index is -0.633. The highest BCUT2D eigenvalue weighted by Crippen LogP contribution is 2.38. The zero-order chi connectivity index (χ0) is 24.5. The van der Waals surface area contributed by atoms with Crippen LogP contribution >= 0.6 is 0 Å². The molecule has 1 aromatic heterocycles. The average Bonchev–Trinajstić information content (AvgIpc) is 2.86. The fraction of sp³-hybridized carbons (Fsp3) is 0.259. The minimum absolute atomic E-state index is 0.108. The Morgan fingerprint density at radius 1 is 1.06 bits per heavy atom. The number of pyridine rings is 1. The van der Waals surface area contributed by atoms with Crippen molar-refractivity contribution in [3.8, 4) is 11.5 Å². The van der Waals surface area contributed by atoms with E-state index in [-0.39, 0.29) is 30.8 Å². The van der Waals surface area contributed by atoms with Gasteiger partial charge in [0.05, 0.1) is 0 Å². The summed E-state index contributed by atoms with van der Waals surface area (Å²) in [6.07, 6.45) is 6.44. The number of carbonyl (C=O) groups is 1. The van der Waals surface area contributed by atoms with Gasteiger partial charge in [-0.3, -0.25) is 19.3 Å². The third-order valence-corrected chi connectivity index (χ3v) is 6.61. The van der Waals surface area contributed by atoms with Crippen molar-refractivity contribution in [3.05, 3.63) is 106 Å². The van der Waals surface area contributed by atoms with Crippen LogP contribution in [-0.4, -0.2) is 39.9 Å². The molecule has 0 radical (unpaired) electrons. The molecule has 0 saturated carbocycles. The largest absolute Gasteiger partial charge is 0.502 e. The van der Waals surface area contributed by atoms with Crippen LogP contribution in [0, 0.1) is 5.82 Å². The maximum absolute atomic E-state index is 15.1. The molecule has 5 rings (SSSR count). The van der Waals surface area contributed by atoms with Crippen LogP contribution in [0.4, 0.5) is 4.39 Å². The monoisotopic (exact) mass is 475 g/mol. The van der Waals surface area contributed by atoms with Crippen LogP contribution < -0.4 is 15.2 Å². The van der Waals surface area contributed by atoms with E-state index in [4.69, 9.17) is 4.74 Å². The number of hydrogen-bond acceptors (Lipinski definition) is 5. The molecular formula is C27H26FN3O4. The highest BCUT2D eigenvalue weighted by Gasteiger charge is 2.39. The third-order valence-electron chi connectivity index (χ3n) is 6.61. The molecule has 0 spiro atoms. The van der Waals surface area contributed by atoms with Gasteiger partial charge >= 0.3 is 0 Å². The maximum Gasteiger partial charge on any atom is 0.278 e. The van der Waals surface area contributed by atoms with Crippen molar-refractivity contribution in [2.24, 2.45) is 0 Å². The Balaban J connectivity index is 1.82. The van der Waals surface area contributed by atoms with Crippen LogP contribution in [0.5, 0.6) is 11.5 Å². The van der Waals surface area contributed by atoms with Crippen molar-refractivity contribution in [2.75, 3.05) is 18.3 Å². The van der Waals surface area contributed by atoms with E-state index < -0.39 is 28.9 Å². The van der Waals surface area contributed by atoms with Gasteiger partial charge in [-0.2, -0.15) is 0 Å². The summed E-state index contributed by atoms with van der Waals surface area (Å²) in [7, 11) is 0. The number of aromatic hydroxyl groups is 1. The summed E-state index contributed by atoms with van der Waals surface area (Å²) in [5, 5.41) is 12.6. The van der Waals surface area contributed by atoms with Crippen molar-refractivity contribution in [2.45, 2.75) is 31.8 Å². The number of benzene rings is 2. The second-order valence-corrected chi connectivity index (χ2v) is 8.63. The zero-order valence-corrected chi connectivity index (χ0v) is 19.3. The number of para-hydroxylation sites is 1. The first-order valence-corrected chi connectivity index (χ1v) is 11.6. The number of rotatable bonds is 2. The molecule has 8 heteroatoms. The van der Waals surface area contributed by atoms with Crippen LogP contribution in [-0.2, 0) is 0 Å². The Labute approximate surface area is 202 Å². The van der Waals surface area contributed by atoms with Crippen molar-refractivity contribution >= 4 is 5.91 Å². The highest BCUT2D eigenvalue weighted by atomic mass is 19.1. The lowest BCUT2D eigenvalue weighted by molar-refractivity contribution is 0.0584. The van der Waals surface area contributed by atoms with Gasteiger partial charge in [0.2, 0.25) is 5.43 Å². The topological polar surface area (TPSA) is 75.0 Å². The first-order chi connectivity index (χ1) is 17.0. The Kier molecular flexibility index (Phi) is 6.03. The quantitative estimate of drug-likeness (QED) is 0.568. The number of aromatic nitrogens is 1. The molecule has 0 fully saturated rings. The number of amides is 1. The number of halogens is 1. The predicted molar refractivity (Wildman–Crippen MR) is 130 cm³/mol. The normalized spacial score (nSPS) is 20.7. The molecular weight excluding hydrogens is 449 g/mol. The lowest BCUT2D eigenvalue weighted by Crippen LogP contribution is -2.58. The fourth-order valence-corrected chi connectivity index (χ4v) is 4.85. The molecule has 2 atom stereocenters. The molecule has 2 aromatic carbocycles. The van der Waals surface area contributed by atoms with Crippen molar-refractivity contribution in [3.63, 3.8) is 0 Å². The first-order valence-electron chi connectivity index (χ1n) is 11.6. The summed E-state index contributed by atoms with van der Waals surface area (Å²) in [6, 6.07) is 14.8. The van der Waals surface area contributed by atoms with Crippen LogP contribution in [0.3, 0.4) is 0 Å². The zero-order valence-electron chi connectivity index (χ0n) is 19.3. The molecule has 0 aliphatic carbocycles. The molecule has 3 heterocycles. The Morgan fingerprint density at radius 2 is 1.86 bits per heavy atom. The molecule has 2 aliphatic rings. The van der Waals surface area contributed by atoms with Gasteiger partial charge in [0.1, 0.15) is 19.3 Å². The summed E-state index contributed by atoms with van der Waals surface area (Å²) in [6.45, 7) is 2.34. The molecule has 3 aromatic rings.